The third-order valence-corrected chi connectivity index (χ3v) is 5.06. The summed E-state index contributed by atoms with van der Waals surface area (Å²) in [6.07, 6.45) is 1.15. The van der Waals surface area contributed by atoms with Crippen LogP contribution in [-0.4, -0.2) is 26.4 Å². The van der Waals surface area contributed by atoms with Gasteiger partial charge in [-0.25, -0.2) is 4.98 Å². The number of H-pyrrole nitrogens is 1. The van der Waals surface area contributed by atoms with Crippen molar-refractivity contribution < 1.29 is 13.2 Å². The number of pyridine rings is 2. The van der Waals surface area contributed by atoms with Crippen LogP contribution in [0.2, 0.25) is 0 Å². The topological polar surface area (TPSA) is 44.8 Å². The number of rotatable bonds is 7. The van der Waals surface area contributed by atoms with Crippen LogP contribution >= 0.6 is 0 Å². The summed E-state index contributed by atoms with van der Waals surface area (Å²) >= 11 is 0. The summed E-state index contributed by atoms with van der Waals surface area (Å²) in [4.78, 5) is 12.6. The van der Waals surface area contributed by atoms with Gasteiger partial charge in [0.05, 0.1) is 0 Å². The Hall–Kier alpha value is -3.19. The number of aromatic amines is 1. The van der Waals surface area contributed by atoms with Gasteiger partial charge in [0.1, 0.15) is 11.3 Å². The molecule has 0 atom stereocenters. The Labute approximate surface area is 172 Å². The molecule has 4 nitrogen and oxygen atoms in total. The quantitative estimate of drug-likeness (QED) is 0.454. The molecule has 0 saturated heterocycles. The highest BCUT2D eigenvalue weighted by molar-refractivity contribution is 5.81. The van der Waals surface area contributed by atoms with Crippen molar-refractivity contribution in [1.29, 1.82) is 0 Å². The SMILES string of the molecule is FC(F)(F)c1[nH]c2ncccc2c1CN(CCc1ccccc1)Cc1ccncc1. The van der Waals surface area contributed by atoms with Crippen molar-refractivity contribution in [2.75, 3.05) is 6.54 Å². The van der Waals surface area contributed by atoms with Gasteiger partial charge in [-0.2, -0.15) is 13.2 Å². The minimum atomic E-state index is -4.47. The zero-order valence-corrected chi connectivity index (χ0v) is 16.2. The average Bonchev–Trinajstić information content (AvgIpc) is 3.13. The molecular formula is C23H21F3N4. The normalized spacial score (nSPS) is 12.0. The van der Waals surface area contributed by atoms with Crippen LogP contribution in [0.15, 0.2) is 73.2 Å². The molecule has 0 aliphatic rings. The lowest BCUT2D eigenvalue weighted by Crippen LogP contribution is -2.26. The molecule has 0 spiro atoms. The molecule has 7 heteroatoms. The van der Waals surface area contributed by atoms with Crippen LogP contribution < -0.4 is 0 Å². The number of nitrogens with one attached hydrogen (secondary N) is 1. The Morgan fingerprint density at radius 1 is 0.833 bits per heavy atom. The summed E-state index contributed by atoms with van der Waals surface area (Å²) in [5.74, 6) is 0. The van der Waals surface area contributed by atoms with Crippen molar-refractivity contribution in [2.45, 2.75) is 25.7 Å². The van der Waals surface area contributed by atoms with E-state index in [2.05, 4.69) is 15.0 Å². The summed E-state index contributed by atoms with van der Waals surface area (Å²) in [5.41, 5.74) is 1.91. The molecular weight excluding hydrogens is 389 g/mol. The van der Waals surface area contributed by atoms with E-state index >= 15 is 0 Å². The Bertz CT molecular complexity index is 1090. The fourth-order valence-corrected chi connectivity index (χ4v) is 3.60. The fourth-order valence-electron chi connectivity index (χ4n) is 3.60. The number of aromatic nitrogens is 3. The van der Waals surface area contributed by atoms with E-state index in [1.54, 1.807) is 24.5 Å². The molecule has 30 heavy (non-hydrogen) atoms. The highest BCUT2D eigenvalue weighted by atomic mass is 19.4. The van der Waals surface area contributed by atoms with Gasteiger partial charge >= 0.3 is 6.18 Å². The van der Waals surface area contributed by atoms with Gasteiger partial charge in [0.15, 0.2) is 0 Å². The second-order valence-corrected chi connectivity index (χ2v) is 7.18. The van der Waals surface area contributed by atoms with Gasteiger partial charge in [0.2, 0.25) is 0 Å². The van der Waals surface area contributed by atoms with Gasteiger partial charge in [-0.1, -0.05) is 30.3 Å². The molecule has 0 fully saturated rings. The Kier molecular flexibility index (Phi) is 5.81. The molecule has 0 amide bonds. The van der Waals surface area contributed by atoms with E-state index in [9.17, 15) is 13.2 Å². The molecule has 0 aliphatic heterocycles. The second kappa shape index (κ2) is 8.67. The van der Waals surface area contributed by atoms with Crippen molar-refractivity contribution in [3.63, 3.8) is 0 Å². The molecule has 0 unspecified atom stereocenters. The van der Waals surface area contributed by atoms with Crippen molar-refractivity contribution in [1.82, 2.24) is 19.9 Å². The van der Waals surface area contributed by atoms with Gasteiger partial charge in [0, 0.05) is 49.2 Å². The van der Waals surface area contributed by atoms with Crippen LogP contribution in [0.4, 0.5) is 13.2 Å². The average molecular weight is 410 g/mol. The number of hydrogen-bond donors (Lipinski definition) is 1. The fraction of sp³-hybridized carbons (Fsp3) is 0.217. The van der Waals surface area contributed by atoms with Crippen LogP contribution in [0.25, 0.3) is 11.0 Å². The lowest BCUT2D eigenvalue weighted by Gasteiger charge is -2.23. The predicted octanol–water partition coefficient (Wildman–Crippen LogP) is 5.22. The minimum absolute atomic E-state index is 0.162. The van der Waals surface area contributed by atoms with E-state index in [0.29, 0.717) is 18.5 Å². The largest absolute Gasteiger partial charge is 0.431 e. The van der Waals surface area contributed by atoms with E-state index in [0.717, 1.165) is 17.5 Å². The zero-order valence-electron chi connectivity index (χ0n) is 16.2. The van der Waals surface area contributed by atoms with Gasteiger partial charge in [0.25, 0.3) is 0 Å². The standard InChI is InChI=1S/C23H21F3N4/c24-23(25,26)21-20(19-7-4-11-28-22(19)29-21)16-30(15-18-8-12-27-13-9-18)14-10-17-5-2-1-3-6-17/h1-9,11-13H,10,14-16H2,(H,28,29). The molecule has 0 aliphatic carbocycles. The minimum Gasteiger partial charge on any atom is -0.335 e. The molecule has 1 aromatic carbocycles. The lowest BCUT2D eigenvalue weighted by atomic mass is 10.1. The van der Waals surface area contributed by atoms with E-state index in [1.807, 2.05) is 47.4 Å². The highest BCUT2D eigenvalue weighted by Gasteiger charge is 2.37. The van der Waals surface area contributed by atoms with Crippen LogP contribution in [0.3, 0.4) is 0 Å². The molecule has 3 heterocycles. The molecule has 0 saturated carbocycles. The first-order valence-electron chi connectivity index (χ1n) is 9.68. The molecule has 4 rings (SSSR count). The van der Waals surface area contributed by atoms with E-state index in [-0.39, 0.29) is 17.8 Å². The van der Waals surface area contributed by atoms with Crippen LogP contribution in [-0.2, 0) is 25.7 Å². The van der Waals surface area contributed by atoms with Crippen molar-refractivity contribution in [3.05, 3.63) is 95.6 Å². The number of alkyl halides is 3. The van der Waals surface area contributed by atoms with E-state index in [4.69, 9.17) is 0 Å². The highest BCUT2D eigenvalue weighted by Crippen LogP contribution is 2.35. The third kappa shape index (κ3) is 4.68. The number of benzene rings is 1. The van der Waals surface area contributed by atoms with E-state index < -0.39 is 11.9 Å². The van der Waals surface area contributed by atoms with Gasteiger partial charge in [-0.15, -0.1) is 0 Å². The Morgan fingerprint density at radius 2 is 1.60 bits per heavy atom. The molecule has 4 aromatic rings. The summed E-state index contributed by atoms with van der Waals surface area (Å²) < 4.78 is 41.2. The van der Waals surface area contributed by atoms with Crippen LogP contribution in [0.5, 0.6) is 0 Å². The van der Waals surface area contributed by atoms with Crippen LogP contribution in [0, 0.1) is 0 Å². The predicted molar refractivity (Wildman–Crippen MR) is 110 cm³/mol. The maximum absolute atomic E-state index is 13.7. The van der Waals surface area contributed by atoms with Crippen molar-refractivity contribution >= 4 is 11.0 Å². The number of halogens is 3. The molecule has 0 radical (unpaired) electrons. The second-order valence-electron chi connectivity index (χ2n) is 7.18. The smallest absolute Gasteiger partial charge is 0.335 e. The lowest BCUT2D eigenvalue weighted by molar-refractivity contribution is -0.141. The Balaban J connectivity index is 1.65. The van der Waals surface area contributed by atoms with Gasteiger partial charge < -0.3 is 4.98 Å². The van der Waals surface area contributed by atoms with Gasteiger partial charge in [-0.3, -0.25) is 9.88 Å². The summed E-state index contributed by atoms with van der Waals surface area (Å²) in [6.45, 7) is 1.31. The molecule has 0 bridgehead atoms. The molecule has 3 aromatic heterocycles. The van der Waals surface area contributed by atoms with E-state index in [1.165, 1.54) is 6.20 Å². The summed E-state index contributed by atoms with van der Waals surface area (Å²) in [7, 11) is 0. The number of hydrogen-bond acceptors (Lipinski definition) is 3. The monoisotopic (exact) mass is 410 g/mol. The zero-order chi connectivity index (χ0) is 21.0. The third-order valence-electron chi connectivity index (χ3n) is 5.06. The first-order valence-corrected chi connectivity index (χ1v) is 9.68. The van der Waals surface area contributed by atoms with Crippen LogP contribution in [0.1, 0.15) is 22.4 Å². The first kappa shape index (κ1) is 20.1. The van der Waals surface area contributed by atoms with Crippen molar-refractivity contribution in [3.8, 4) is 0 Å². The first-order chi connectivity index (χ1) is 14.5. The summed E-state index contributed by atoms with van der Waals surface area (Å²) in [6, 6.07) is 17.1. The summed E-state index contributed by atoms with van der Waals surface area (Å²) in [5, 5.41) is 0.504. The number of fused-ring (bicyclic) bond motifs is 1. The molecule has 154 valence electrons. The van der Waals surface area contributed by atoms with Crippen molar-refractivity contribution in [2.24, 2.45) is 0 Å². The number of nitrogens with zero attached hydrogens (tertiary/aromatic N) is 3. The Morgan fingerprint density at radius 3 is 2.33 bits per heavy atom. The van der Waals surface area contributed by atoms with Gasteiger partial charge in [-0.05, 0) is 41.8 Å². The maximum atomic E-state index is 13.7. The maximum Gasteiger partial charge on any atom is 0.431 e. The molecule has 1 N–H and O–H groups in total.